The van der Waals surface area contributed by atoms with Gasteiger partial charge in [0, 0.05) is 5.69 Å². The third kappa shape index (κ3) is 1.03. The Morgan fingerprint density at radius 1 is 1.75 bits per heavy atom. The minimum absolute atomic E-state index is 0.957. The van der Waals surface area contributed by atoms with Crippen molar-refractivity contribution in [3.05, 3.63) is 24.3 Å². The highest BCUT2D eigenvalue weighted by atomic mass is 14.8. The summed E-state index contributed by atoms with van der Waals surface area (Å²) in [4.78, 5) is 7.61. The number of nitrogens with zero attached hydrogens (tertiary/aromatic N) is 2. The molecule has 0 bridgehead atoms. The van der Waals surface area contributed by atoms with E-state index in [9.17, 15) is 0 Å². The molecule has 1 radical (unpaired) electrons. The lowest BCUT2D eigenvalue weighted by Crippen LogP contribution is -1.84. The molecule has 0 aliphatic rings. The highest BCUT2D eigenvalue weighted by Gasteiger charge is 1.83. The molecule has 0 saturated carbocycles. The highest BCUT2D eigenvalue weighted by molar-refractivity contribution is 4.94. The molecule has 1 aromatic rings. The molecule has 0 fully saturated rings. The van der Waals surface area contributed by atoms with E-state index in [0.29, 0.717) is 0 Å². The van der Waals surface area contributed by atoms with Crippen LogP contribution in [-0.2, 0) is 6.42 Å². The summed E-state index contributed by atoms with van der Waals surface area (Å²) < 4.78 is 0. The molecule has 0 amide bonds. The normalized spacial score (nSPS) is 9.12. The predicted octanol–water partition coefficient (Wildman–Crippen LogP) is 0.839. The minimum Gasteiger partial charge on any atom is -0.241 e. The lowest BCUT2D eigenvalue weighted by molar-refractivity contribution is 0.995. The van der Waals surface area contributed by atoms with E-state index in [0.717, 1.165) is 12.1 Å². The predicted molar refractivity (Wildman–Crippen MR) is 30.2 cm³/mol. The van der Waals surface area contributed by atoms with Crippen LogP contribution in [0.3, 0.4) is 0 Å². The molecular weight excluding hydrogens is 100 g/mol. The van der Waals surface area contributed by atoms with Gasteiger partial charge in [-0.25, -0.2) is 9.97 Å². The van der Waals surface area contributed by atoms with Gasteiger partial charge in [0.05, 0.1) is 6.20 Å². The van der Waals surface area contributed by atoms with Gasteiger partial charge < -0.3 is 0 Å². The molecule has 8 heavy (non-hydrogen) atoms. The first-order chi connectivity index (χ1) is 3.93. The van der Waals surface area contributed by atoms with E-state index in [1.165, 1.54) is 6.33 Å². The van der Waals surface area contributed by atoms with Crippen molar-refractivity contribution in [3.63, 3.8) is 0 Å². The molecule has 0 N–H and O–H groups in total. The van der Waals surface area contributed by atoms with Crippen molar-refractivity contribution in [2.45, 2.75) is 13.3 Å². The Hall–Kier alpha value is -0.920. The second-order valence-electron chi connectivity index (χ2n) is 1.49. The van der Waals surface area contributed by atoms with Crippen molar-refractivity contribution in [3.8, 4) is 0 Å². The van der Waals surface area contributed by atoms with Crippen LogP contribution in [0.15, 0.2) is 12.4 Å². The van der Waals surface area contributed by atoms with E-state index in [4.69, 9.17) is 0 Å². The molecule has 41 valence electrons. The number of hydrogen-bond donors (Lipinski definition) is 0. The minimum atomic E-state index is 0.957. The quantitative estimate of drug-likeness (QED) is 0.531. The number of rotatable bonds is 1. The van der Waals surface area contributed by atoms with Crippen LogP contribution in [0.1, 0.15) is 12.6 Å². The van der Waals surface area contributed by atoms with Crippen molar-refractivity contribution in [2.75, 3.05) is 0 Å². The summed E-state index contributed by atoms with van der Waals surface area (Å²) >= 11 is 0. The molecule has 0 spiro atoms. The molecule has 0 saturated heterocycles. The first-order valence-corrected chi connectivity index (χ1v) is 2.60. The summed E-state index contributed by atoms with van der Waals surface area (Å²) in [6.45, 7) is 2.05. The maximum absolute atomic E-state index is 3.95. The summed E-state index contributed by atoms with van der Waals surface area (Å²) in [6, 6.07) is 1.79. The van der Waals surface area contributed by atoms with Gasteiger partial charge in [-0.15, -0.1) is 0 Å². The lowest BCUT2D eigenvalue weighted by Gasteiger charge is -1.87. The zero-order valence-electron chi connectivity index (χ0n) is 4.76. The van der Waals surface area contributed by atoms with Gasteiger partial charge in [0.2, 0.25) is 0 Å². The molecular formula is C6H7N2. The Labute approximate surface area is 48.6 Å². The van der Waals surface area contributed by atoms with Gasteiger partial charge in [-0.05, 0) is 12.5 Å². The highest BCUT2D eigenvalue weighted by Crippen LogP contribution is 1.88. The number of hydrogen-bond acceptors (Lipinski definition) is 2. The molecule has 1 aromatic heterocycles. The van der Waals surface area contributed by atoms with Crippen molar-refractivity contribution in [2.24, 2.45) is 0 Å². The van der Waals surface area contributed by atoms with E-state index in [2.05, 4.69) is 23.1 Å². The first kappa shape index (κ1) is 5.22. The Morgan fingerprint density at radius 2 is 2.62 bits per heavy atom. The van der Waals surface area contributed by atoms with Crippen molar-refractivity contribution >= 4 is 0 Å². The second-order valence-corrected chi connectivity index (χ2v) is 1.49. The van der Waals surface area contributed by atoms with Crippen molar-refractivity contribution in [1.29, 1.82) is 0 Å². The zero-order chi connectivity index (χ0) is 5.82. The van der Waals surface area contributed by atoms with Crippen LogP contribution in [0, 0.1) is 6.20 Å². The largest absolute Gasteiger partial charge is 0.241 e. The van der Waals surface area contributed by atoms with Gasteiger partial charge >= 0.3 is 0 Å². The topological polar surface area (TPSA) is 25.8 Å². The fourth-order valence-electron chi connectivity index (χ4n) is 0.479. The maximum Gasteiger partial charge on any atom is 0.116 e. The lowest BCUT2D eigenvalue weighted by atomic mass is 10.3. The SMILES string of the molecule is CCc1c[c]ncn1. The van der Waals surface area contributed by atoms with Crippen LogP contribution in [0.5, 0.6) is 0 Å². The standard InChI is InChI=1S/C6H7N2/c1-2-6-3-4-7-5-8-6/h3,5H,2H2,1H3. The second kappa shape index (κ2) is 2.40. The Bertz CT molecular complexity index is 148. The van der Waals surface area contributed by atoms with Gasteiger partial charge in [-0.1, -0.05) is 6.92 Å². The van der Waals surface area contributed by atoms with Gasteiger partial charge in [0.25, 0.3) is 0 Å². The summed E-state index contributed by atoms with van der Waals surface area (Å²) in [5.74, 6) is 0. The molecule has 2 nitrogen and oxygen atoms in total. The molecule has 1 heterocycles. The Kier molecular flexibility index (Phi) is 1.57. The fraction of sp³-hybridized carbons (Fsp3) is 0.333. The Balaban J connectivity index is 2.83. The Morgan fingerprint density at radius 3 is 3.00 bits per heavy atom. The molecule has 0 aliphatic carbocycles. The van der Waals surface area contributed by atoms with Gasteiger partial charge in [-0.3, -0.25) is 0 Å². The summed E-state index contributed by atoms with van der Waals surface area (Å²) in [5, 5.41) is 0. The maximum atomic E-state index is 3.95. The van der Waals surface area contributed by atoms with Gasteiger partial charge in [0.15, 0.2) is 0 Å². The smallest absolute Gasteiger partial charge is 0.116 e. The van der Waals surface area contributed by atoms with E-state index >= 15 is 0 Å². The van der Waals surface area contributed by atoms with Crippen LogP contribution < -0.4 is 0 Å². The summed E-state index contributed by atoms with van der Waals surface area (Å²) in [5.41, 5.74) is 1.04. The van der Waals surface area contributed by atoms with Crippen molar-refractivity contribution in [1.82, 2.24) is 9.97 Å². The molecule has 2 heteroatoms. The molecule has 1 rings (SSSR count). The average Bonchev–Trinajstić information content (AvgIpc) is 1.90. The van der Waals surface area contributed by atoms with E-state index in [1.807, 2.05) is 0 Å². The van der Waals surface area contributed by atoms with E-state index in [1.54, 1.807) is 6.07 Å². The number of aromatic nitrogens is 2. The molecule has 0 unspecified atom stereocenters. The summed E-state index contributed by atoms with van der Waals surface area (Å²) in [7, 11) is 0. The molecule has 0 aromatic carbocycles. The van der Waals surface area contributed by atoms with Gasteiger partial charge in [0.1, 0.15) is 6.33 Å². The van der Waals surface area contributed by atoms with Crippen LogP contribution >= 0.6 is 0 Å². The fourth-order valence-corrected chi connectivity index (χ4v) is 0.479. The number of aryl methyl sites for hydroxylation is 1. The molecule has 0 aliphatic heterocycles. The van der Waals surface area contributed by atoms with E-state index < -0.39 is 0 Å². The summed E-state index contributed by atoms with van der Waals surface area (Å²) in [6.07, 6.45) is 5.17. The van der Waals surface area contributed by atoms with Crippen LogP contribution in [0.4, 0.5) is 0 Å². The average molecular weight is 107 g/mol. The first-order valence-electron chi connectivity index (χ1n) is 2.60. The van der Waals surface area contributed by atoms with E-state index in [-0.39, 0.29) is 0 Å². The van der Waals surface area contributed by atoms with Crippen LogP contribution in [-0.4, -0.2) is 9.97 Å². The third-order valence-corrected chi connectivity index (χ3v) is 0.949. The van der Waals surface area contributed by atoms with Crippen molar-refractivity contribution < 1.29 is 0 Å². The monoisotopic (exact) mass is 107 g/mol. The molecule has 0 atom stereocenters. The zero-order valence-corrected chi connectivity index (χ0v) is 4.76. The van der Waals surface area contributed by atoms with Crippen LogP contribution in [0.2, 0.25) is 0 Å². The third-order valence-electron chi connectivity index (χ3n) is 0.949. The van der Waals surface area contributed by atoms with Gasteiger partial charge in [-0.2, -0.15) is 0 Å². The van der Waals surface area contributed by atoms with Crippen LogP contribution in [0.25, 0.3) is 0 Å².